The van der Waals surface area contributed by atoms with Crippen molar-refractivity contribution in [2.45, 2.75) is 32.2 Å². The maximum absolute atomic E-state index is 12.1. The van der Waals surface area contributed by atoms with E-state index in [-0.39, 0.29) is 11.8 Å². The maximum Gasteiger partial charge on any atom is 0.251 e. The quantitative estimate of drug-likeness (QED) is 0.785. The Morgan fingerprint density at radius 2 is 2.05 bits per heavy atom. The van der Waals surface area contributed by atoms with Gasteiger partial charge in [-0.15, -0.1) is 0 Å². The Hall–Kier alpha value is -2.18. The van der Waals surface area contributed by atoms with Gasteiger partial charge < -0.3 is 10.6 Å². The molecule has 0 aromatic carbocycles. The van der Waals surface area contributed by atoms with Gasteiger partial charge in [0.2, 0.25) is 5.91 Å². The zero-order valence-corrected chi connectivity index (χ0v) is 11.9. The lowest BCUT2D eigenvalue weighted by Gasteiger charge is -2.29. The van der Waals surface area contributed by atoms with E-state index in [1.165, 1.54) is 18.3 Å². The first-order valence-corrected chi connectivity index (χ1v) is 6.67. The van der Waals surface area contributed by atoms with Crippen LogP contribution in [0, 0.1) is 0 Å². The molecule has 0 saturated carbocycles. The molecule has 1 fully saturated rings. The van der Waals surface area contributed by atoms with E-state index >= 15 is 0 Å². The smallest absolute Gasteiger partial charge is 0.251 e. The Bertz CT molecular complexity index is 531. The molecule has 0 bridgehead atoms. The average molecular weight is 277 g/mol. The molecule has 0 spiro atoms. The van der Waals surface area contributed by atoms with E-state index < -0.39 is 6.04 Å². The molecule has 0 aliphatic carbocycles. The van der Waals surface area contributed by atoms with Crippen LogP contribution >= 0.6 is 0 Å². The van der Waals surface area contributed by atoms with Crippen molar-refractivity contribution < 1.29 is 9.59 Å². The Morgan fingerprint density at radius 1 is 1.35 bits per heavy atom. The van der Waals surface area contributed by atoms with Gasteiger partial charge in [0.15, 0.2) is 0 Å². The second kappa shape index (κ2) is 5.85. The largest absolute Gasteiger partial charge is 0.373 e. The minimum atomic E-state index is -0.414. The highest BCUT2D eigenvalue weighted by molar-refractivity contribution is 6.01. The standard InChI is InChI=1S/C13H19N5O2/c1-4-8-11(14-2)15-7-16-12(8)17-9-5-6-10(19)18(3)13(9)20/h7,9H,4-6H2,1-3H3,(H2,14,15,16,17). The van der Waals surface area contributed by atoms with Gasteiger partial charge in [-0.1, -0.05) is 6.92 Å². The molecule has 2 amide bonds. The van der Waals surface area contributed by atoms with Crippen molar-refractivity contribution in [3.8, 4) is 0 Å². The number of anilines is 2. The molecule has 1 unspecified atom stereocenters. The zero-order chi connectivity index (χ0) is 14.7. The molecule has 20 heavy (non-hydrogen) atoms. The van der Waals surface area contributed by atoms with Crippen LogP contribution in [0.1, 0.15) is 25.3 Å². The van der Waals surface area contributed by atoms with Gasteiger partial charge in [0.25, 0.3) is 5.91 Å². The average Bonchev–Trinajstić information content (AvgIpc) is 2.47. The van der Waals surface area contributed by atoms with E-state index in [9.17, 15) is 9.59 Å². The predicted octanol–water partition coefficient (Wildman–Crippen LogP) is 0.640. The SMILES string of the molecule is CCc1c(NC)ncnc1NC1CCC(=O)N(C)C1=O. The summed E-state index contributed by atoms with van der Waals surface area (Å²) in [6.45, 7) is 2.00. The lowest BCUT2D eigenvalue weighted by molar-refractivity contribution is -0.146. The lowest BCUT2D eigenvalue weighted by atomic mass is 10.0. The van der Waals surface area contributed by atoms with Crippen molar-refractivity contribution in [2.75, 3.05) is 24.7 Å². The number of aromatic nitrogens is 2. The fourth-order valence-electron chi connectivity index (χ4n) is 2.30. The summed E-state index contributed by atoms with van der Waals surface area (Å²) in [4.78, 5) is 33.1. The molecule has 1 aliphatic rings. The van der Waals surface area contributed by atoms with Gasteiger partial charge in [-0.05, 0) is 12.8 Å². The molecule has 108 valence electrons. The third kappa shape index (κ3) is 2.56. The monoisotopic (exact) mass is 277 g/mol. The fourth-order valence-corrected chi connectivity index (χ4v) is 2.30. The van der Waals surface area contributed by atoms with Crippen LogP contribution in [0.5, 0.6) is 0 Å². The molecule has 7 heteroatoms. The number of hydrogen-bond donors (Lipinski definition) is 2. The summed E-state index contributed by atoms with van der Waals surface area (Å²) in [5.74, 6) is 1.04. The van der Waals surface area contributed by atoms with Crippen LogP contribution in [0.4, 0.5) is 11.6 Å². The highest BCUT2D eigenvalue weighted by Crippen LogP contribution is 2.23. The summed E-state index contributed by atoms with van der Waals surface area (Å²) in [5, 5.41) is 6.15. The van der Waals surface area contributed by atoms with Crippen molar-refractivity contribution in [1.82, 2.24) is 14.9 Å². The number of piperidine rings is 1. The molecule has 1 atom stereocenters. The fraction of sp³-hybridized carbons (Fsp3) is 0.538. The normalized spacial score (nSPS) is 19.1. The minimum Gasteiger partial charge on any atom is -0.373 e. The number of carbonyl (C=O) groups is 2. The van der Waals surface area contributed by atoms with Crippen molar-refractivity contribution in [3.05, 3.63) is 11.9 Å². The molecular formula is C13H19N5O2. The molecule has 1 aliphatic heterocycles. The van der Waals surface area contributed by atoms with Gasteiger partial charge in [0, 0.05) is 26.1 Å². The molecule has 0 radical (unpaired) electrons. The number of imide groups is 1. The molecule has 2 heterocycles. The van der Waals surface area contributed by atoms with Gasteiger partial charge in [-0.2, -0.15) is 0 Å². The third-order valence-electron chi connectivity index (χ3n) is 3.50. The molecule has 2 N–H and O–H groups in total. The van der Waals surface area contributed by atoms with Gasteiger partial charge >= 0.3 is 0 Å². The second-order valence-electron chi connectivity index (χ2n) is 4.68. The number of amides is 2. The van der Waals surface area contributed by atoms with E-state index in [1.807, 2.05) is 6.92 Å². The van der Waals surface area contributed by atoms with Crippen molar-refractivity contribution >= 4 is 23.5 Å². The van der Waals surface area contributed by atoms with Crippen LogP contribution < -0.4 is 10.6 Å². The van der Waals surface area contributed by atoms with E-state index in [1.54, 1.807) is 7.05 Å². The maximum atomic E-state index is 12.1. The molecule has 1 saturated heterocycles. The number of nitrogens with zero attached hydrogens (tertiary/aromatic N) is 3. The Kier molecular flexibility index (Phi) is 4.16. The molecule has 1 aromatic rings. The number of nitrogens with one attached hydrogen (secondary N) is 2. The van der Waals surface area contributed by atoms with Crippen LogP contribution in [0.2, 0.25) is 0 Å². The van der Waals surface area contributed by atoms with Gasteiger partial charge in [0.05, 0.1) is 0 Å². The Balaban J connectivity index is 2.22. The van der Waals surface area contributed by atoms with E-state index in [4.69, 9.17) is 0 Å². The summed E-state index contributed by atoms with van der Waals surface area (Å²) in [6, 6.07) is -0.414. The van der Waals surface area contributed by atoms with Crippen LogP contribution in [0.3, 0.4) is 0 Å². The highest BCUT2D eigenvalue weighted by Gasteiger charge is 2.32. The van der Waals surface area contributed by atoms with Crippen LogP contribution in [-0.2, 0) is 16.0 Å². The number of rotatable bonds is 4. The van der Waals surface area contributed by atoms with Crippen LogP contribution in [0.15, 0.2) is 6.33 Å². The Labute approximate surface area is 117 Å². The van der Waals surface area contributed by atoms with Gasteiger partial charge in [-0.3, -0.25) is 14.5 Å². The third-order valence-corrected chi connectivity index (χ3v) is 3.50. The number of likely N-dealkylation sites (tertiary alicyclic amines) is 1. The second-order valence-corrected chi connectivity index (χ2v) is 4.68. The molecular weight excluding hydrogens is 258 g/mol. The Morgan fingerprint density at radius 3 is 2.70 bits per heavy atom. The van der Waals surface area contributed by atoms with E-state index in [0.717, 1.165) is 17.8 Å². The van der Waals surface area contributed by atoms with Crippen molar-refractivity contribution in [2.24, 2.45) is 0 Å². The van der Waals surface area contributed by atoms with Crippen molar-refractivity contribution in [3.63, 3.8) is 0 Å². The molecule has 7 nitrogen and oxygen atoms in total. The van der Waals surface area contributed by atoms with Gasteiger partial charge in [0.1, 0.15) is 24.0 Å². The lowest BCUT2D eigenvalue weighted by Crippen LogP contribution is -2.48. The summed E-state index contributed by atoms with van der Waals surface area (Å²) >= 11 is 0. The minimum absolute atomic E-state index is 0.137. The molecule has 2 rings (SSSR count). The van der Waals surface area contributed by atoms with Crippen LogP contribution in [-0.4, -0.2) is 46.8 Å². The first-order chi connectivity index (χ1) is 9.58. The summed E-state index contributed by atoms with van der Waals surface area (Å²) < 4.78 is 0. The predicted molar refractivity (Wildman–Crippen MR) is 75.4 cm³/mol. The summed E-state index contributed by atoms with van der Waals surface area (Å²) in [7, 11) is 3.31. The molecule has 1 aromatic heterocycles. The van der Waals surface area contributed by atoms with Crippen LogP contribution in [0.25, 0.3) is 0 Å². The first-order valence-electron chi connectivity index (χ1n) is 6.67. The number of hydrogen-bond acceptors (Lipinski definition) is 6. The summed E-state index contributed by atoms with van der Waals surface area (Å²) in [5.41, 5.74) is 0.933. The summed E-state index contributed by atoms with van der Waals surface area (Å²) in [6.07, 6.45) is 3.06. The zero-order valence-electron chi connectivity index (χ0n) is 11.9. The topological polar surface area (TPSA) is 87.2 Å². The van der Waals surface area contributed by atoms with E-state index in [2.05, 4.69) is 20.6 Å². The van der Waals surface area contributed by atoms with Crippen molar-refractivity contribution in [1.29, 1.82) is 0 Å². The first kappa shape index (κ1) is 14.2. The van der Waals surface area contributed by atoms with E-state index in [0.29, 0.717) is 18.7 Å². The van der Waals surface area contributed by atoms with Gasteiger partial charge in [-0.25, -0.2) is 9.97 Å². The highest BCUT2D eigenvalue weighted by atomic mass is 16.2. The number of carbonyl (C=O) groups excluding carboxylic acids is 2. The number of likely N-dealkylation sites (N-methyl/N-ethyl adjacent to an activating group) is 1.